The maximum absolute atomic E-state index is 12.1. The zero-order valence-electron chi connectivity index (χ0n) is 14.1. The van der Waals surface area contributed by atoms with E-state index in [-0.39, 0.29) is 30.5 Å². The first-order valence-corrected chi connectivity index (χ1v) is 8.87. The van der Waals surface area contributed by atoms with Gasteiger partial charge in [0.2, 0.25) is 5.91 Å². The quantitative estimate of drug-likeness (QED) is 0.805. The lowest BCUT2D eigenvalue weighted by Gasteiger charge is -2.12. The van der Waals surface area contributed by atoms with Crippen LogP contribution in [0.15, 0.2) is 36.4 Å². The summed E-state index contributed by atoms with van der Waals surface area (Å²) < 4.78 is 10.8. The Bertz CT molecular complexity index is 690. The second-order valence-electron chi connectivity index (χ2n) is 5.77. The number of nitrogens with two attached hydrogens (primary N) is 1. The molecule has 1 aliphatic heterocycles. The highest BCUT2D eigenvalue weighted by atomic mass is 35.5. The first-order valence-electron chi connectivity index (χ1n) is 8.06. The summed E-state index contributed by atoms with van der Waals surface area (Å²) in [5, 5.41) is 2.95. The molecule has 2 atom stereocenters. The fourth-order valence-electron chi connectivity index (χ4n) is 2.74. The van der Waals surface area contributed by atoms with E-state index in [4.69, 9.17) is 15.2 Å². The maximum atomic E-state index is 12.1. The third kappa shape index (κ3) is 4.95. The molecule has 3 rings (SSSR count). The number of hydrogen-bond acceptors (Lipinski definition) is 5. The van der Waals surface area contributed by atoms with Gasteiger partial charge in [-0.1, -0.05) is 0 Å². The average molecular weight is 383 g/mol. The fourth-order valence-corrected chi connectivity index (χ4v) is 3.70. The lowest BCUT2D eigenvalue weighted by molar-refractivity contribution is -0.132. The van der Waals surface area contributed by atoms with Crippen molar-refractivity contribution in [2.45, 2.75) is 31.6 Å². The molecule has 2 heterocycles. The van der Waals surface area contributed by atoms with Crippen molar-refractivity contribution >= 4 is 29.7 Å². The SMILES string of the molecule is COc1ccc(-c2ccc(CNC(=O)[C@@H]3CC[C@H](CN)O3)s2)cc1.Cl. The van der Waals surface area contributed by atoms with Gasteiger partial charge in [0.25, 0.3) is 0 Å². The minimum atomic E-state index is -0.362. The molecule has 5 nitrogen and oxygen atoms in total. The molecule has 0 spiro atoms. The van der Waals surface area contributed by atoms with E-state index in [9.17, 15) is 4.79 Å². The molecule has 1 saturated heterocycles. The Morgan fingerprint density at radius 3 is 2.68 bits per heavy atom. The second-order valence-corrected chi connectivity index (χ2v) is 6.94. The number of halogens is 1. The van der Waals surface area contributed by atoms with Gasteiger partial charge in [0.05, 0.1) is 19.8 Å². The number of hydrogen-bond donors (Lipinski definition) is 2. The largest absolute Gasteiger partial charge is 0.497 e. The standard InChI is InChI=1S/C18H22N2O3S.ClH/c1-22-13-4-2-12(3-5-13)17-9-7-15(24-17)11-20-18(21)16-8-6-14(10-19)23-16;/h2-5,7,9,14,16H,6,8,10-11,19H2,1H3,(H,20,21);1H/t14-,16+;/m1./s1. The third-order valence-electron chi connectivity index (χ3n) is 4.14. The number of methoxy groups -OCH3 is 1. The summed E-state index contributed by atoms with van der Waals surface area (Å²) in [5.74, 6) is 0.792. The first-order chi connectivity index (χ1) is 11.7. The van der Waals surface area contributed by atoms with E-state index < -0.39 is 0 Å². The predicted molar refractivity (Wildman–Crippen MR) is 102 cm³/mol. The van der Waals surface area contributed by atoms with Crippen LogP contribution in [0.25, 0.3) is 10.4 Å². The smallest absolute Gasteiger partial charge is 0.249 e. The molecule has 3 N–H and O–H groups in total. The molecule has 25 heavy (non-hydrogen) atoms. The van der Waals surface area contributed by atoms with Gasteiger partial charge < -0.3 is 20.5 Å². The van der Waals surface area contributed by atoms with Crippen LogP contribution in [0.1, 0.15) is 17.7 Å². The van der Waals surface area contributed by atoms with E-state index in [0.717, 1.165) is 29.0 Å². The second kappa shape index (κ2) is 9.20. The number of ether oxygens (including phenoxy) is 2. The van der Waals surface area contributed by atoms with Crippen molar-refractivity contribution in [2.24, 2.45) is 5.73 Å². The summed E-state index contributed by atoms with van der Waals surface area (Å²) in [5.41, 5.74) is 6.72. The normalized spacial score (nSPS) is 19.3. The highest BCUT2D eigenvalue weighted by Gasteiger charge is 2.29. The van der Waals surface area contributed by atoms with Gasteiger partial charge >= 0.3 is 0 Å². The van der Waals surface area contributed by atoms with E-state index in [1.54, 1.807) is 18.4 Å². The van der Waals surface area contributed by atoms with Crippen LogP contribution in [0.2, 0.25) is 0 Å². The molecule has 0 bridgehead atoms. The van der Waals surface area contributed by atoms with Crippen molar-refractivity contribution in [1.29, 1.82) is 0 Å². The van der Waals surface area contributed by atoms with Crippen molar-refractivity contribution in [3.63, 3.8) is 0 Å². The van der Waals surface area contributed by atoms with Crippen molar-refractivity contribution in [2.75, 3.05) is 13.7 Å². The topological polar surface area (TPSA) is 73.6 Å². The Hall–Kier alpha value is -1.60. The molecule has 1 aliphatic rings. The van der Waals surface area contributed by atoms with Crippen molar-refractivity contribution in [3.05, 3.63) is 41.3 Å². The molecule has 136 valence electrons. The summed E-state index contributed by atoms with van der Waals surface area (Å²) in [6.07, 6.45) is 1.26. The number of thiophene rings is 1. The Labute approximate surface area is 157 Å². The molecular formula is C18H23ClN2O3S. The highest BCUT2D eigenvalue weighted by molar-refractivity contribution is 7.15. The summed E-state index contributed by atoms with van der Waals surface area (Å²) >= 11 is 1.67. The number of carbonyl (C=O) groups is 1. The van der Waals surface area contributed by atoms with Crippen LogP contribution in [0.4, 0.5) is 0 Å². The van der Waals surface area contributed by atoms with Crippen molar-refractivity contribution in [3.8, 4) is 16.2 Å². The number of amides is 1. The minimum absolute atomic E-state index is 0. The zero-order valence-corrected chi connectivity index (χ0v) is 15.7. The third-order valence-corrected chi connectivity index (χ3v) is 5.27. The Morgan fingerprint density at radius 2 is 2.04 bits per heavy atom. The zero-order chi connectivity index (χ0) is 16.9. The van der Waals surface area contributed by atoms with Crippen molar-refractivity contribution in [1.82, 2.24) is 5.32 Å². The van der Waals surface area contributed by atoms with Gasteiger partial charge in [-0.3, -0.25) is 4.79 Å². The number of rotatable bonds is 6. The number of benzene rings is 1. The van der Waals surface area contributed by atoms with Crippen LogP contribution < -0.4 is 15.8 Å². The van der Waals surface area contributed by atoms with Crippen LogP contribution >= 0.6 is 23.7 Å². The summed E-state index contributed by atoms with van der Waals surface area (Å²) in [6, 6.07) is 12.1. The highest BCUT2D eigenvalue weighted by Crippen LogP contribution is 2.29. The van der Waals surface area contributed by atoms with Crippen LogP contribution in [-0.4, -0.2) is 31.8 Å². The molecule has 1 amide bonds. The van der Waals surface area contributed by atoms with Crippen LogP contribution in [0, 0.1) is 0 Å². The Balaban J connectivity index is 0.00000225. The maximum Gasteiger partial charge on any atom is 0.249 e. The first kappa shape index (κ1) is 19.7. The number of nitrogens with one attached hydrogen (secondary N) is 1. The van der Waals surface area contributed by atoms with Gasteiger partial charge in [-0.15, -0.1) is 23.7 Å². The summed E-state index contributed by atoms with van der Waals surface area (Å²) in [6.45, 7) is 0.993. The average Bonchev–Trinajstić information content (AvgIpc) is 3.29. The van der Waals surface area contributed by atoms with Gasteiger partial charge in [0.1, 0.15) is 11.9 Å². The van der Waals surface area contributed by atoms with Crippen LogP contribution in [-0.2, 0) is 16.1 Å². The molecule has 1 aromatic heterocycles. The lowest BCUT2D eigenvalue weighted by atomic mass is 10.2. The van der Waals surface area contributed by atoms with Gasteiger partial charge in [0, 0.05) is 16.3 Å². The van der Waals surface area contributed by atoms with Crippen LogP contribution in [0.5, 0.6) is 5.75 Å². The monoisotopic (exact) mass is 382 g/mol. The molecule has 2 aromatic rings. The molecule has 7 heteroatoms. The molecule has 1 aromatic carbocycles. The minimum Gasteiger partial charge on any atom is -0.497 e. The van der Waals surface area contributed by atoms with E-state index >= 15 is 0 Å². The molecular weight excluding hydrogens is 360 g/mol. The van der Waals surface area contributed by atoms with E-state index in [1.165, 1.54) is 4.88 Å². The summed E-state index contributed by atoms with van der Waals surface area (Å²) in [4.78, 5) is 14.4. The van der Waals surface area contributed by atoms with Gasteiger partial charge in [-0.25, -0.2) is 0 Å². The Kier molecular flexibility index (Phi) is 7.25. The van der Waals surface area contributed by atoms with Crippen molar-refractivity contribution < 1.29 is 14.3 Å². The van der Waals surface area contributed by atoms with Gasteiger partial charge in [-0.2, -0.15) is 0 Å². The van der Waals surface area contributed by atoms with Gasteiger partial charge in [-0.05, 0) is 54.8 Å². The lowest BCUT2D eigenvalue weighted by Crippen LogP contribution is -2.34. The summed E-state index contributed by atoms with van der Waals surface area (Å²) in [7, 11) is 1.66. The number of carbonyl (C=O) groups excluding carboxylic acids is 1. The van der Waals surface area contributed by atoms with Gasteiger partial charge in [0.15, 0.2) is 0 Å². The predicted octanol–water partition coefficient (Wildman–Crippen LogP) is 2.97. The van der Waals surface area contributed by atoms with Crippen LogP contribution in [0.3, 0.4) is 0 Å². The van der Waals surface area contributed by atoms with E-state index in [2.05, 4.69) is 11.4 Å². The molecule has 1 fully saturated rings. The molecule has 0 radical (unpaired) electrons. The van der Waals surface area contributed by atoms with E-state index in [1.807, 2.05) is 30.3 Å². The molecule has 0 unspecified atom stereocenters. The fraction of sp³-hybridized carbons (Fsp3) is 0.389. The Morgan fingerprint density at radius 1 is 1.28 bits per heavy atom. The molecule has 0 saturated carbocycles. The van der Waals surface area contributed by atoms with E-state index in [0.29, 0.717) is 13.1 Å². The molecule has 0 aliphatic carbocycles.